The zero-order valence-corrected chi connectivity index (χ0v) is 22.0. The number of hydrogen-bond acceptors (Lipinski definition) is 9. The average Bonchev–Trinajstić information content (AvgIpc) is 3.42. The van der Waals surface area contributed by atoms with Crippen LogP contribution in [0.1, 0.15) is 37.7 Å². The van der Waals surface area contributed by atoms with E-state index in [1.807, 2.05) is 36.3 Å². The van der Waals surface area contributed by atoms with Crippen LogP contribution in [0.15, 0.2) is 35.3 Å². The van der Waals surface area contributed by atoms with E-state index in [9.17, 15) is 0 Å². The Balaban J connectivity index is 1.40. The average molecular weight is 508 g/mol. The fourth-order valence-electron chi connectivity index (χ4n) is 5.03. The lowest BCUT2D eigenvalue weighted by Crippen LogP contribution is -2.35. The van der Waals surface area contributed by atoms with Crippen molar-refractivity contribution in [3.63, 3.8) is 0 Å². The summed E-state index contributed by atoms with van der Waals surface area (Å²) >= 11 is 0. The molecule has 11 heteroatoms. The third kappa shape index (κ3) is 5.78. The molecular formula is C26H37N9O2. The number of nitrogens with zero attached hydrogens (tertiary/aromatic N) is 7. The summed E-state index contributed by atoms with van der Waals surface area (Å²) in [7, 11) is 6.20. The Labute approximate surface area is 217 Å². The first-order valence-corrected chi connectivity index (χ1v) is 13.0. The molecule has 198 valence electrons. The van der Waals surface area contributed by atoms with Gasteiger partial charge in [-0.1, -0.05) is 0 Å². The second-order valence-corrected chi connectivity index (χ2v) is 9.93. The Morgan fingerprint density at radius 2 is 2.05 bits per heavy atom. The molecule has 1 saturated carbocycles. The lowest BCUT2D eigenvalue weighted by molar-refractivity contribution is 0.107. The lowest BCUT2D eigenvalue weighted by Gasteiger charge is -2.32. The van der Waals surface area contributed by atoms with Gasteiger partial charge in [-0.05, 0) is 52.6 Å². The van der Waals surface area contributed by atoms with Crippen molar-refractivity contribution in [3.8, 4) is 11.8 Å². The van der Waals surface area contributed by atoms with Crippen molar-refractivity contribution < 1.29 is 9.47 Å². The number of rotatable bonds is 4. The first kappa shape index (κ1) is 25.2. The lowest BCUT2D eigenvalue weighted by atomic mass is 9.92. The van der Waals surface area contributed by atoms with E-state index in [2.05, 4.69) is 51.4 Å². The number of fused-ring (bicyclic) bond motifs is 2. The van der Waals surface area contributed by atoms with Gasteiger partial charge in [0.1, 0.15) is 17.7 Å². The molecule has 0 atom stereocenters. The van der Waals surface area contributed by atoms with Crippen molar-refractivity contribution in [2.45, 2.75) is 57.3 Å². The Morgan fingerprint density at radius 1 is 1.22 bits per heavy atom. The van der Waals surface area contributed by atoms with Crippen LogP contribution in [0.3, 0.4) is 0 Å². The highest BCUT2D eigenvalue weighted by atomic mass is 16.5. The van der Waals surface area contributed by atoms with Crippen molar-refractivity contribution in [3.05, 3.63) is 35.9 Å². The van der Waals surface area contributed by atoms with Gasteiger partial charge in [-0.2, -0.15) is 5.10 Å². The molecule has 0 spiro atoms. The first-order valence-electron chi connectivity index (χ1n) is 13.0. The summed E-state index contributed by atoms with van der Waals surface area (Å²) in [6, 6.07) is 2.62. The molecule has 11 nitrogen and oxygen atoms in total. The largest absolute Gasteiger partial charge is 0.478 e. The normalized spacial score (nSPS) is 22.6. The Morgan fingerprint density at radius 3 is 2.84 bits per heavy atom. The van der Waals surface area contributed by atoms with Gasteiger partial charge >= 0.3 is 0 Å². The highest BCUT2D eigenvalue weighted by Gasteiger charge is 2.25. The number of pyridine rings is 1. The molecule has 1 fully saturated rings. The van der Waals surface area contributed by atoms with Gasteiger partial charge in [-0.25, -0.2) is 14.7 Å². The minimum atomic E-state index is 0.167. The minimum absolute atomic E-state index is 0.167. The summed E-state index contributed by atoms with van der Waals surface area (Å²) < 4.78 is 16.4. The van der Waals surface area contributed by atoms with Gasteiger partial charge in [-0.15, -0.1) is 5.10 Å². The summed E-state index contributed by atoms with van der Waals surface area (Å²) in [5.41, 5.74) is 1.97. The molecular weight excluding hydrogens is 470 g/mol. The summed E-state index contributed by atoms with van der Waals surface area (Å²) in [6.07, 6.45) is 10.9. The molecule has 0 amide bonds. The minimum Gasteiger partial charge on any atom is -0.478 e. The van der Waals surface area contributed by atoms with Gasteiger partial charge < -0.3 is 25.0 Å². The number of hydrogen-bond donors (Lipinski definition) is 2. The van der Waals surface area contributed by atoms with E-state index in [0.29, 0.717) is 49.8 Å². The molecule has 3 aromatic rings. The van der Waals surface area contributed by atoms with E-state index in [1.165, 1.54) is 0 Å². The van der Waals surface area contributed by atoms with E-state index in [-0.39, 0.29) is 6.10 Å². The molecule has 1 aliphatic carbocycles. The Kier molecular flexibility index (Phi) is 7.71. The van der Waals surface area contributed by atoms with Crippen LogP contribution in [0.5, 0.6) is 11.8 Å². The molecule has 1 aliphatic heterocycles. The van der Waals surface area contributed by atoms with Crippen LogP contribution < -0.4 is 20.1 Å². The molecule has 37 heavy (non-hydrogen) atoms. The zero-order valence-electron chi connectivity index (χ0n) is 22.0. The summed E-state index contributed by atoms with van der Waals surface area (Å²) in [5, 5.41) is 16.8. The first-order chi connectivity index (χ1) is 18.0. The SMILES string of the molecule is C=N/C1=C\CNCc2cnn(C)c2OCCCn2nc(OC3CCC(N(C)C)CC3)c3cnc(cc32)N1. The highest BCUT2D eigenvalue weighted by Crippen LogP contribution is 2.31. The maximum Gasteiger partial charge on any atom is 0.242 e. The number of ether oxygens (including phenoxy) is 2. The van der Waals surface area contributed by atoms with Gasteiger partial charge in [-0.3, -0.25) is 4.68 Å². The van der Waals surface area contributed by atoms with Crippen LogP contribution >= 0.6 is 0 Å². The fourth-order valence-corrected chi connectivity index (χ4v) is 5.03. The van der Waals surface area contributed by atoms with Gasteiger partial charge in [0.15, 0.2) is 0 Å². The molecule has 0 aromatic carbocycles. The number of anilines is 1. The van der Waals surface area contributed by atoms with E-state index in [0.717, 1.165) is 54.5 Å². The molecule has 2 bridgehead atoms. The zero-order chi connectivity index (χ0) is 25.8. The van der Waals surface area contributed by atoms with Crippen LogP contribution in [0.4, 0.5) is 5.82 Å². The van der Waals surface area contributed by atoms with Crippen LogP contribution in [0.2, 0.25) is 0 Å². The summed E-state index contributed by atoms with van der Waals surface area (Å²) in [4.78, 5) is 11.1. The van der Waals surface area contributed by atoms with Crippen LogP contribution in [0.25, 0.3) is 10.9 Å². The van der Waals surface area contributed by atoms with E-state index in [4.69, 9.17) is 14.6 Å². The number of aliphatic imine (C=N–C) groups is 1. The molecule has 2 aliphatic rings. The quantitative estimate of drug-likeness (QED) is 0.519. The van der Waals surface area contributed by atoms with Gasteiger partial charge in [0.05, 0.1) is 23.7 Å². The van der Waals surface area contributed by atoms with Gasteiger partial charge in [0.2, 0.25) is 11.8 Å². The van der Waals surface area contributed by atoms with Crippen molar-refractivity contribution in [2.24, 2.45) is 12.0 Å². The fraction of sp³-hybridized carbons (Fsp3) is 0.538. The number of nitrogens with one attached hydrogen (secondary N) is 2. The Hall–Kier alpha value is -3.44. The van der Waals surface area contributed by atoms with E-state index < -0.39 is 0 Å². The van der Waals surface area contributed by atoms with Crippen molar-refractivity contribution >= 4 is 23.4 Å². The second kappa shape index (κ2) is 11.3. The highest BCUT2D eigenvalue weighted by molar-refractivity contribution is 5.86. The topological polar surface area (TPSA) is 107 Å². The van der Waals surface area contributed by atoms with Crippen LogP contribution in [0, 0.1) is 0 Å². The third-order valence-electron chi connectivity index (χ3n) is 7.14. The molecule has 4 heterocycles. The van der Waals surface area contributed by atoms with Crippen molar-refractivity contribution in [1.29, 1.82) is 0 Å². The predicted molar refractivity (Wildman–Crippen MR) is 144 cm³/mol. The molecule has 3 aromatic heterocycles. The standard InChI is InChI=1S/C26H37N9O2/c1-27-23-10-11-28-15-18-16-30-34(4)26(18)36-13-5-12-35-22-14-24(31-23)29-17-21(22)25(32-35)37-20-8-6-19(7-9-20)33(2)3/h10,14,16-17,19-20,28H,1,5-9,11-13,15H2,2-4H3,(H,29,31)/b23-10+. The van der Waals surface area contributed by atoms with Gasteiger partial charge in [0, 0.05) is 57.0 Å². The van der Waals surface area contributed by atoms with Crippen molar-refractivity contribution in [1.82, 2.24) is 34.8 Å². The third-order valence-corrected chi connectivity index (χ3v) is 7.14. The molecule has 0 saturated heterocycles. The maximum absolute atomic E-state index is 6.46. The second-order valence-electron chi connectivity index (χ2n) is 9.93. The molecule has 0 radical (unpaired) electrons. The maximum atomic E-state index is 6.46. The van der Waals surface area contributed by atoms with Crippen LogP contribution in [-0.4, -0.2) is 75.6 Å². The smallest absolute Gasteiger partial charge is 0.242 e. The summed E-state index contributed by atoms with van der Waals surface area (Å²) in [6.45, 7) is 6.18. The molecule has 2 N–H and O–H groups in total. The Bertz CT molecular complexity index is 1250. The predicted octanol–water partition coefficient (Wildman–Crippen LogP) is 2.94. The monoisotopic (exact) mass is 507 g/mol. The van der Waals surface area contributed by atoms with Crippen molar-refractivity contribution in [2.75, 3.05) is 32.6 Å². The van der Waals surface area contributed by atoms with E-state index in [1.54, 1.807) is 4.68 Å². The summed E-state index contributed by atoms with van der Waals surface area (Å²) in [5.74, 6) is 2.74. The number of aryl methyl sites for hydroxylation is 2. The van der Waals surface area contributed by atoms with E-state index >= 15 is 0 Å². The molecule has 0 unspecified atom stereocenters. The number of aromatic nitrogens is 5. The van der Waals surface area contributed by atoms with Crippen LogP contribution in [-0.2, 0) is 20.1 Å². The molecule has 5 rings (SSSR count). The van der Waals surface area contributed by atoms with Gasteiger partial charge in [0.25, 0.3) is 0 Å².